The summed E-state index contributed by atoms with van der Waals surface area (Å²) in [5.41, 5.74) is 0.880. The summed E-state index contributed by atoms with van der Waals surface area (Å²) in [6, 6.07) is 8.09. The van der Waals surface area contributed by atoms with Crippen LogP contribution in [0, 0.1) is 0 Å². The second-order valence-corrected chi connectivity index (χ2v) is 5.62. The van der Waals surface area contributed by atoms with Gasteiger partial charge >= 0.3 is 0 Å². The molecular weight excluding hydrogens is 290 g/mol. The first-order valence-electron chi connectivity index (χ1n) is 6.34. The van der Waals surface area contributed by atoms with Gasteiger partial charge in [-0.1, -0.05) is 40.2 Å². The molecule has 0 aliphatic heterocycles. The number of halogens is 1. The Balaban J connectivity index is 1.98. The molecule has 0 saturated heterocycles. The van der Waals surface area contributed by atoms with Crippen molar-refractivity contribution >= 4 is 21.8 Å². The van der Waals surface area contributed by atoms with E-state index >= 15 is 0 Å². The predicted molar refractivity (Wildman–Crippen MR) is 77.5 cm³/mol. The van der Waals surface area contributed by atoms with Crippen LogP contribution in [0.25, 0.3) is 0 Å². The van der Waals surface area contributed by atoms with Crippen LogP contribution in [0.5, 0.6) is 0 Å². The third-order valence-corrected chi connectivity index (χ3v) is 3.94. The molecule has 3 heteroatoms. The van der Waals surface area contributed by atoms with E-state index in [0.717, 1.165) is 35.8 Å². The number of carbonyl (C=O) groups excluding carboxylic acids is 1. The molecule has 2 nitrogen and oxygen atoms in total. The van der Waals surface area contributed by atoms with Gasteiger partial charge in [-0.2, -0.15) is 0 Å². The molecule has 1 aliphatic carbocycles. The molecule has 1 N–H and O–H groups in total. The van der Waals surface area contributed by atoms with Gasteiger partial charge in [-0.25, -0.2) is 0 Å². The quantitative estimate of drug-likeness (QED) is 0.654. The van der Waals surface area contributed by atoms with Gasteiger partial charge in [0.25, 0.3) is 0 Å². The zero-order chi connectivity index (χ0) is 13.0. The van der Waals surface area contributed by atoms with E-state index in [0.29, 0.717) is 0 Å². The number of amides is 1. The molecule has 0 aromatic heterocycles. The van der Waals surface area contributed by atoms with Crippen molar-refractivity contribution in [1.29, 1.82) is 0 Å². The summed E-state index contributed by atoms with van der Waals surface area (Å²) >= 11 is 3.42. The molecule has 0 heterocycles. The molecule has 0 unspecified atom stereocenters. The second-order valence-electron chi connectivity index (χ2n) is 4.70. The topological polar surface area (TPSA) is 29.1 Å². The summed E-state index contributed by atoms with van der Waals surface area (Å²) in [5, 5.41) is 3.03. The highest BCUT2D eigenvalue weighted by molar-refractivity contribution is 9.10. The van der Waals surface area contributed by atoms with E-state index in [1.165, 1.54) is 0 Å². The Kier molecular flexibility index (Phi) is 4.23. The number of rotatable bonds is 5. The van der Waals surface area contributed by atoms with Crippen LogP contribution in [0.15, 0.2) is 40.9 Å². The molecule has 1 amide bonds. The van der Waals surface area contributed by atoms with E-state index in [-0.39, 0.29) is 11.3 Å². The highest BCUT2D eigenvalue weighted by Crippen LogP contribution is 2.48. The predicted octanol–water partition coefficient (Wildman–Crippen LogP) is 3.56. The minimum absolute atomic E-state index is 0.175. The van der Waals surface area contributed by atoms with Crippen molar-refractivity contribution in [3.8, 4) is 0 Å². The molecular formula is C15H18BrNO. The lowest BCUT2D eigenvalue weighted by Gasteiger charge is -2.15. The van der Waals surface area contributed by atoms with E-state index < -0.39 is 0 Å². The van der Waals surface area contributed by atoms with E-state index in [2.05, 4.69) is 27.3 Å². The first-order valence-corrected chi connectivity index (χ1v) is 7.14. The van der Waals surface area contributed by atoms with Gasteiger partial charge < -0.3 is 5.32 Å². The van der Waals surface area contributed by atoms with Crippen molar-refractivity contribution in [2.24, 2.45) is 0 Å². The molecule has 0 spiro atoms. The molecule has 0 radical (unpaired) electrons. The standard InChI is InChI=1S/C15H18BrNO/c1-2-3-4-11-17-14(18)15(9-10-15)12-5-7-13(16)8-6-12/h2-3,5-8H,4,9-11H2,1H3,(H,17,18)/b3-2+. The highest BCUT2D eigenvalue weighted by atomic mass is 79.9. The fourth-order valence-corrected chi connectivity index (χ4v) is 2.41. The lowest BCUT2D eigenvalue weighted by molar-refractivity contribution is -0.123. The van der Waals surface area contributed by atoms with Gasteiger partial charge in [-0.05, 0) is 43.9 Å². The minimum Gasteiger partial charge on any atom is -0.355 e. The van der Waals surface area contributed by atoms with Gasteiger partial charge in [-0.15, -0.1) is 0 Å². The van der Waals surface area contributed by atoms with Crippen molar-refractivity contribution in [3.05, 3.63) is 46.5 Å². The second kappa shape index (κ2) is 5.70. The van der Waals surface area contributed by atoms with E-state index in [1.54, 1.807) is 0 Å². The molecule has 1 aromatic rings. The number of hydrogen-bond acceptors (Lipinski definition) is 1. The molecule has 18 heavy (non-hydrogen) atoms. The summed E-state index contributed by atoms with van der Waals surface area (Å²) in [7, 11) is 0. The molecule has 96 valence electrons. The van der Waals surface area contributed by atoms with Gasteiger partial charge in [0.05, 0.1) is 5.41 Å². The smallest absolute Gasteiger partial charge is 0.230 e. The average molecular weight is 308 g/mol. The Morgan fingerprint density at radius 2 is 2.06 bits per heavy atom. The van der Waals surface area contributed by atoms with Crippen molar-refractivity contribution in [2.45, 2.75) is 31.6 Å². The third kappa shape index (κ3) is 2.83. The van der Waals surface area contributed by atoms with Crippen LogP contribution in [0.4, 0.5) is 0 Å². The van der Waals surface area contributed by atoms with E-state index in [1.807, 2.05) is 37.3 Å². The van der Waals surface area contributed by atoms with Crippen LogP contribution in [-0.2, 0) is 10.2 Å². The summed E-state index contributed by atoms with van der Waals surface area (Å²) in [6.07, 6.45) is 6.90. The maximum Gasteiger partial charge on any atom is 0.230 e. The van der Waals surface area contributed by atoms with Crippen LogP contribution in [0.1, 0.15) is 31.7 Å². The Bertz CT molecular complexity index is 446. The fraction of sp³-hybridized carbons (Fsp3) is 0.400. The molecule has 0 bridgehead atoms. The van der Waals surface area contributed by atoms with Crippen LogP contribution in [0.3, 0.4) is 0 Å². The van der Waals surface area contributed by atoms with Gasteiger partial charge in [0.15, 0.2) is 0 Å². The molecule has 1 fully saturated rings. The fourth-order valence-electron chi connectivity index (χ4n) is 2.15. The Labute approximate surface area is 117 Å². The largest absolute Gasteiger partial charge is 0.355 e. The first-order chi connectivity index (χ1) is 8.69. The Hall–Kier alpha value is -1.09. The molecule has 2 rings (SSSR count). The zero-order valence-electron chi connectivity index (χ0n) is 10.6. The molecule has 1 aliphatic rings. The zero-order valence-corrected chi connectivity index (χ0v) is 12.2. The van der Waals surface area contributed by atoms with Crippen LogP contribution in [0.2, 0.25) is 0 Å². The summed E-state index contributed by atoms with van der Waals surface area (Å²) < 4.78 is 1.05. The first kappa shape index (κ1) is 13.3. The van der Waals surface area contributed by atoms with Crippen LogP contribution < -0.4 is 5.32 Å². The summed E-state index contributed by atoms with van der Waals surface area (Å²) in [4.78, 5) is 12.2. The van der Waals surface area contributed by atoms with Gasteiger partial charge in [0, 0.05) is 11.0 Å². The van der Waals surface area contributed by atoms with Crippen molar-refractivity contribution in [3.63, 3.8) is 0 Å². The van der Waals surface area contributed by atoms with Crippen molar-refractivity contribution < 1.29 is 4.79 Å². The Morgan fingerprint density at radius 3 is 2.61 bits per heavy atom. The van der Waals surface area contributed by atoms with Gasteiger partial charge in [0.2, 0.25) is 5.91 Å². The normalized spacial score (nSPS) is 16.8. The molecule has 1 saturated carbocycles. The number of nitrogens with one attached hydrogen (secondary N) is 1. The van der Waals surface area contributed by atoms with Crippen LogP contribution >= 0.6 is 15.9 Å². The number of allylic oxidation sites excluding steroid dienone is 1. The van der Waals surface area contributed by atoms with Crippen molar-refractivity contribution in [2.75, 3.05) is 6.54 Å². The maximum atomic E-state index is 12.2. The van der Waals surface area contributed by atoms with E-state index in [9.17, 15) is 4.79 Å². The SMILES string of the molecule is C/C=C/CCNC(=O)C1(c2ccc(Br)cc2)CC1. The minimum atomic E-state index is -0.253. The van der Waals surface area contributed by atoms with Gasteiger partial charge in [0.1, 0.15) is 0 Å². The average Bonchev–Trinajstić information content (AvgIpc) is 3.17. The monoisotopic (exact) mass is 307 g/mol. The lowest BCUT2D eigenvalue weighted by Crippen LogP contribution is -2.35. The summed E-state index contributed by atoms with van der Waals surface area (Å²) in [6.45, 7) is 2.72. The highest BCUT2D eigenvalue weighted by Gasteiger charge is 2.50. The lowest BCUT2D eigenvalue weighted by atomic mass is 9.95. The van der Waals surface area contributed by atoms with Crippen LogP contribution in [-0.4, -0.2) is 12.5 Å². The Morgan fingerprint density at radius 1 is 1.39 bits per heavy atom. The van der Waals surface area contributed by atoms with Crippen molar-refractivity contribution in [1.82, 2.24) is 5.32 Å². The molecule has 1 aromatic carbocycles. The number of benzene rings is 1. The summed E-state index contributed by atoms with van der Waals surface area (Å²) in [5.74, 6) is 0.175. The maximum absolute atomic E-state index is 12.2. The third-order valence-electron chi connectivity index (χ3n) is 3.41. The van der Waals surface area contributed by atoms with E-state index in [4.69, 9.17) is 0 Å². The number of carbonyl (C=O) groups is 1. The van der Waals surface area contributed by atoms with Gasteiger partial charge in [-0.3, -0.25) is 4.79 Å². The molecule has 0 atom stereocenters. The number of hydrogen-bond donors (Lipinski definition) is 1.